The summed E-state index contributed by atoms with van der Waals surface area (Å²) in [6, 6.07) is 0. The van der Waals surface area contributed by atoms with Crippen molar-refractivity contribution in [2.24, 2.45) is 0 Å². The minimum absolute atomic E-state index is 0.134. The first-order valence-electron chi connectivity index (χ1n) is 31.6. The fourth-order valence-electron chi connectivity index (χ4n) is 7.99. The molecular weight excluding hydrogens is 1010 g/mol. The summed E-state index contributed by atoms with van der Waals surface area (Å²) in [6.07, 6.45) is 87.2. The van der Waals surface area contributed by atoms with E-state index < -0.39 is 24.3 Å². The molecule has 0 rings (SSSR count). The highest BCUT2D eigenvalue weighted by Gasteiger charge is 2.22. The molecule has 0 amide bonds. The van der Waals surface area contributed by atoms with E-state index in [4.69, 9.17) is 18.9 Å². The second kappa shape index (κ2) is 61.0. The average Bonchev–Trinajstić information content (AvgIpc) is 3.44. The van der Waals surface area contributed by atoms with Gasteiger partial charge in [0.05, 0.1) is 40.3 Å². The lowest BCUT2D eigenvalue weighted by molar-refractivity contribution is -0.870. The van der Waals surface area contributed by atoms with Crippen molar-refractivity contribution in [2.45, 2.75) is 232 Å². The molecule has 2 atom stereocenters. The molecular formula is C72H115NO8. The number of hydrogen-bond donors (Lipinski definition) is 0. The zero-order valence-corrected chi connectivity index (χ0v) is 51.8. The fraction of sp³-hybridized carbons (Fsp3) is 0.597. The van der Waals surface area contributed by atoms with Gasteiger partial charge in [-0.2, -0.15) is 0 Å². The summed E-state index contributed by atoms with van der Waals surface area (Å²) in [5.41, 5.74) is 0. The van der Waals surface area contributed by atoms with Crippen LogP contribution in [0.4, 0.5) is 0 Å². The van der Waals surface area contributed by atoms with Crippen LogP contribution in [0.15, 0.2) is 158 Å². The molecule has 0 aliphatic carbocycles. The molecule has 0 spiro atoms. The quantitative estimate of drug-likeness (QED) is 0.0195. The van der Waals surface area contributed by atoms with Gasteiger partial charge in [-0.15, -0.1) is 0 Å². The van der Waals surface area contributed by atoms with Gasteiger partial charge in [-0.3, -0.25) is 9.59 Å². The van der Waals surface area contributed by atoms with Crippen LogP contribution in [0.2, 0.25) is 0 Å². The van der Waals surface area contributed by atoms with E-state index in [2.05, 4.69) is 172 Å². The molecule has 9 nitrogen and oxygen atoms in total. The van der Waals surface area contributed by atoms with Gasteiger partial charge in [0.1, 0.15) is 13.2 Å². The molecule has 0 aromatic heterocycles. The molecule has 456 valence electrons. The smallest absolute Gasteiger partial charge is 0.306 e. The number of unbranched alkanes of at least 4 members (excludes halogenated alkanes) is 15. The standard InChI is InChI=1S/C72H115NO8/c1-6-8-10-12-14-16-18-20-22-24-26-28-30-32-33-34-35-36-37-39-41-43-45-47-49-51-53-55-57-59-61-63-70(75)81-68(67-80-72(71(76)77)78-65-64-73(3,4)5)66-79-69(74)62-60-58-56-54-52-50-48-46-44-42-40-38-31-29-27-25-23-21-19-17-15-13-11-9-7-2/h8-11,14-17,20-23,26-29,32-33,35-36,38-41,44,46,68,72H,6-7,12-13,18-19,24-25,30-31,34,37,42-43,45,47-67H2,1-5H3/b10-8-,11-9-,16-14-,17-15-,22-20-,23-21-,28-26-,29-27-,33-32-,36-35-,40-38-,41-39-,46-44-. The molecule has 2 unspecified atom stereocenters. The number of hydrogen-bond acceptors (Lipinski definition) is 8. The summed E-state index contributed by atoms with van der Waals surface area (Å²) in [7, 11) is 5.91. The maximum atomic E-state index is 12.9. The monoisotopic (exact) mass is 1120 g/mol. The molecule has 0 aliphatic heterocycles. The van der Waals surface area contributed by atoms with E-state index in [0.717, 1.165) is 148 Å². The maximum absolute atomic E-state index is 12.9. The van der Waals surface area contributed by atoms with Gasteiger partial charge in [0.2, 0.25) is 0 Å². The number of ether oxygens (including phenoxy) is 4. The number of rotatable bonds is 56. The van der Waals surface area contributed by atoms with Crippen LogP contribution >= 0.6 is 0 Å². The van der Waals surface area contributed by atoms with Crippen molar-refractivity contribution < 1.29 is 42.9 Å². The molecule has 0 fully saturated rings. The Balaban J connectivity index is 4.29. The maximum Gasteiger partial charge on any atom is 0.306 e. The Morgan fingerprint density at radius 3 is 0.988 bits per heavy atom. The summed E-state index contributed by atoms with van der Waals surface area (Å²) in [5.74, 6) is -2.33. The molecule has 0 aromatic carbocycles. The normalized spacial score (nSPS) is 13.8. The van der Waals surface area contributed by atoms with Crippen LogP contribution < -0.4 is 5.11 Å². The van der Waals surface area contributed by atoms with Crippen molar-refractivity contribution in [3.8, 4) is 0 Å². The van der Waals surface area contributed by atoms with E-state index in [-0.39, 0.29) is 38.6 Å². The molecule has 0 bridgehead atoms. The molecule has 0 heterocycles. The Kier molecular flexibility index (Phi) is 57.2. The number of carboxylic acids is 1. The molecule has 0 saturated heterocycles. The van der Waals surface area contributed by atoms with Crippen molar-refractivity contribution in [1.82, 2.24) is 0 Å². The average molecular weight is 1120 g/mol. The van der Waals surface area contributed by atoms with Crippen LogP contribution in [-0.2, 0) is 33.3 Å². The predicted octanol–water partition coefficient (Wildman–Crippen LogP) is 18.0. The third-order valence-electron chi connectivity index (χ3n) is 12.8. The molecule has 0 aromatic rings. The van der Waals surface area contributed by atoms with Gasteiger partial charge in [0, 0.05) is 12.8 Å². The lowest BCUT2D eigenvalue weighted by atomic mass is 10.1. The van der Waals surface area contributed by atoms with Gasteiger partial charge in [0.15, 0.2) is 12.4 Å². The molecule has 0 aliphatic rings. The van der Waals surface area contributed by atoms with Gasteiger partial charge in [-0.05, 0) is 122 Å². The third kappa shape index (κ3) is 62.4. The Morgan fingerprint density at radius 1 is 0.370 bits per heavy atom. The zero-order chi connectivity index (χ0) is 59.1. The largest absolute Gasteiger partial charge is 0.545 e. The predicted molar refractivity (Wildman–Crippen MR) is 342 cm³/mol. The zero-order valence-electron chi connectivity index (χ0n) is 51.8. The van der Waals surface area contributed by atoms with E-state index in [1.54, 1.807) is 0 Å². The molecule has 0 radical (unpaired) electrons. The number of esters is 2. The van der Waals surface area contributed by atoms with Crippen molar-refractivity contribution in [2.75, 3.05) is 47.5 Å². The van der Waals surface area contributed by atoms with Gasteiger partial charge in [-0.25, -0.2) is 0 Å². The summed E-state index contributed by atoms with van der Waals surface area (Å²) < 4.78 is 22.7. The topological polar surface area (TPSA) is 111 Å². The number of likely N-dealkylation sites (N-methyl/N-ethyl adjacent to an activating group) is 1. The summed E-state index contributed by atoms with van der Waals surface area (Å²) in [4.78, 5) is 37.4. The number of carbonyl (C=O) groups excluding carboxylic acids is 3. The summed E-state index contributed by atoms with van der Waals surface area (Å²) in [5, 5.41) is 11.8. The van der Waals surface area contributed by atoms with Crippen LogP contribution in [0.25, 0.3) is 0 Å². The van der Waals surface area contributed by atoms with Gasteiger partial charge < -0.3 is 33.3 Å². The minimum atomic E-state index is -1.64. The fourth-order valence-corrected chi connectivity index (χ4v) is 7.99. The Labute approximate surface area is 495 Å². The lowest BCUT2D eigenvalue weighted by Gasteiger charge is -2.26. The van der Waals surface area contributed by atoms with Crippen molar-refractivity contribution in [3.05, 3.63) is 158 Å². The third-order valence-corrected chi connectivity index (χ3v) is 12.8. The lowest BCUT2D eigenvalue weighted by Crippen LogP contribution is -2.44. The van der Waals surface area contributed by atoms with Crippen molar-refractivity contribution >= 4 is 17.9 Å². The number of carbonyl (C=O) groups is 3. The molecule has 0 saturated carbocycles. The molecule has 81 heavy (non-hydrogen) atoms. The van der Waals surface area contributed by atoms with Crippen LogP contribution in [0.5, 0.6) is 0 Å². The molecule has 9 heteroatoms. The number of carboxylic acid groups (broad SMARTS) is 1. The van der Waals surface area contributed by atoms with Gasteiger partial charge >= 0.3 is 11.9 Å². The van der Waals surface area contributed by atoms with E-state index in [0.29, 0.717) is 23.9 Å². The molecule has 0 N–H and O–H groups in total. The van der Waals surface area contributed by atoms with Gasteiger partial charge in [-0.1, -0.05) is 242 Å². The number of aliphatic carboxylic acids is 1. The highest BCUT2D eigenvalue weighted by atomic mass is 16.7. The van der Waals surface area contributed by atoms with Crippen LogP contribution in [0, 0.1) is 0 Å². The number of nitrogens with zero attached hydrogens (tertiary/aromatic N) is 1. The van der Waals surface area contributed by atoms with Crippen LogP contribution in [-0.4, -0.2) is 82.3 Å². The SMILES string of the molecule is CC/C=C\C/C=C\C/C=C\C/C=C\C/C=C\C/C=C\C/C=C\CCCCCCCCCCCC(=O)OC(COC(=O)CCCCCCCC/C=C\C/C=C\C/C=C\C/C=C\C/C=C\C/C=C\CC)COC(OCC[N+](C)(C)C)C(=O)[O-]. The first-order valence-corrected chi connectivity index (χ1v) is 31.6. The second-order valence-corrected chi connectivity index (χ2v) is 21.6. The number of allylic oxidation sites excluding steroid dienone is 26. The Hall–Kier alpha value is -5.09. The highest BCUT2D eigenvalue weighted by Crippen LogP contribution is 2.14. The second-order valence-electron chi connectivity index (χ2n) is 21.6. The van der Waals surface area contributed by atoms with E-state index in [9.17, 15) is 19.5 Å². The summed E-state index contributed by atoms with van der Waals surface area (Å²) >= 11 is 0. The summed E-state index contributed by atoms with van der Waals surface area (Å²) in [6.45, 7) is 4.47. The first-order chi connectivity index (χ1) is 39.6. The number of quaternary nitrogens is 1. The van der Waals surface area contributed by atoms with Crippen molar-refractivity contribution in [1.29, 1.82) is 0 Å². The van der Waals surface area contributed by atoms with Gasteiger partial charge in [0.25, 0.3) is 0 Å². The van der Waals surface area contributed by atoms with E-state index in [1.807, 2.05) is 21.1 Å². The Morgan fingerprint density at radius 2 is 0.667 bits per heavy atom. The Bertz CT molecular complexity index is 1880. The van der Waals surface area contributed by atoms with Crippen LogP contribution in [0.1, 0.15) is 219 Å². The van der Waals surface area contributed by atoms with E-state index >= 15 is 0 Å². The van der Waals surface area contributed by atoms with E-state index in [1.165, 1.54) is 32.1 Å². The van der Waals surface area contributed by atoms with Crippen LogP contribution in [0.3, 0.4) is 0 Å². The highest BCUT2D eigenvalue weighted by molar-refractivity contribution is 5.70. The first kappa shape index (κ1) is 75.9. The minimum Gasteiger partial charge on any atom is -0.545 e. The van der Waals surface area contributed by atoms with Crippen molar-refractivity contribution in [3.63, 3.8) is 0 Å².